The molecule has 1 aliphatic heterocycles. The van der Waals surface area contributed by atoms with Crippen LogP contribution < -0.4 is 4.74 Å². The molecule has 0 unspecified atom stereocenters. The largest absolute Gasteiger partial charge is 0.493 e. The standard InChI is InChI=1S/C15H19BrFNO2/c1-10-6-12(7-11(2)14(10)16)20-5-4-13(19)18-8-15(3,17)9-18/h6-7H,4-5,8-9H2,1-3H3. The molecule has 0 aromatic heterocycles. The average Bonchev–Trinajstić information content (AvgIpc) is 2.32. The Morgan fingerprint density at radius 1 is 1.40 bits per heavy atom. The van der Waals surface area contributed by atoms with Crippen molar-refractivity contribution in [2.45, 2.75) is 32.9 Å². The normalized spacial score (nSPS) is 16.8. The minimum absolute atomic E-state index is 0.0503. The number of carbonyl (C=O) groups is 1. The van der Waals surface area contributed by atoms with E-state index in [-0.39, 0.29) is 25.4 Å². The number of halogens is 2. The smallest absolute Gasteiger partial charge is 0.226 e. The Morgan fingerprint density at radius 3 is 2.45 bits per heavy atom. The second kappa shape index (κ2) is 5.72. The molecule has 1 fully saturated rings. The van der Waals surface area contributed by atoms with Gasteiger partial charge in [-0.25, -0.2) is 4.39 Å². The van der Waals surface area contributed by atoms with Crippen molar-refractivity contribution in [3.8, 4) is 5.75 Å². The van der Waals surface area contributed by atoms with E-state index in [1.807, 2.05) is 26.0 Å². The first-order valence-corrected chi connectivity index (χ1v) is 7.44. The number of rotatable bonds is 4. The van der Waals surface area contributed by atoms with Crippen LogP contribution in [0.2, 0.25) is 0 Å². The number of carbonyl (C=O) groups excluding carboxylic acids is 1. The van der Waals surface area contributed by atoms with Crippen molar-refractivity contribution in [2.75, 3.05) is 19.7 Å². The van der Waals surface area contributed by atoms with Crippen molar-refractivity contribution in [1.29, 1.82) is 0 Å². The van der Waals surface area contributed by atoms with Crippen LogP contribution in [0.25, 0.3) is 0 Å². The number of nitrogens with zero attached hydrogens (tertiary/aromatic N) is 1. The summed E-state index contributed by atoms with van der Waals surface area (Å²) in [7, 11) is 0. The van der Waals surface area contributed by atoms with E-state index in [1.54, 1.807) is 0 Å². The molecule has 0 atom stereocenters. The van der Waals surface area contributed by atoms with E-state index in [2.05, 4.69) is 15.9 Å². The van der Waals surface area contributed by atoms with Gasteiger partial charge in [-0.15, -0.1) is 0 Å². The summed E-state index contributed by atoms with van der Waals surface area (Å²) >= 11 is 3.50. The highest BCUT2D eigenvalue weighted by Gasteiger charge is 2.41. The molecular formula is C15H19BrFNO2. The molecule has 110 valence electrons. The average molecular weight is 344 g/mol. The van der Waals surface area contributed by atoms with Crippen LogP contribution in [0.4, 0.5) is 4.39 Å². The van der Waals surface area contributed by atoms with E-state index in [4.69, 9.17) is 4.74 Å². The number of likely N-dealkylation sites (tertiary alicyclic amines) is 1. The van der Waals surface area contributed by atoms with Gasteiger partial charge in [-0.3, -0.25) is 4.79 Å². The fraction of sp³-hybridized carbons (Fsp3) is 0.533. The van der Waals surface area contributed by atoms with Crippen LogP contribution in [0.3, 0.4) is 0 Å². The SMILES string of the molecule is Cc1cc(OCCC(=O)N2CC(C)(F)C2)cc(C)c1Br. The molecule has 1 aromatic carbocycles. The summed E-state index contributed by atoms with van der Waals surface area (Å²) in [5.74, 6) is 0.709. The maximum Gasteiger partial charge on any atom is 0.226 e. The minimum atomic E-state index is -1.21. The molecule has 0 bridgehead atoms. The number of benzene rings is 1. The molecule has 3 nitrogen and oxygen atoms in total. The Balaban J connectivity index is 1.80. The Hall–Kier alpha value is -1.10. The van der Waals surface area contributed by atoms with Crippen LogP contribution in [-0.4, -0.2) is 36.2 Å². The highest BCUT2D eigenvalue weighted by atomic mass is 79.9. The first kappa shape index (κ1) is 15.3. The molecule has 0 N–H and O–H groups in total. The monoisotopic (exact) mass is 343 g/mol. The maximum absolute atomic E-state index is 13.3. The summed E-state index contributed by atoms with van der Waals surface area (Å²) in [4.78, 5) is 13.3. The van der Waals surface area contributed by atoms with E-state index in [0.29, 0.717) is 6.61 Å². The topological polar surface area (TPSA) is 29.5 Å². The van der Waals surface area contributed by atoms with Crippen molar-refractivity contribution in [1.82, 2.24) is 4.90 Å². The number of aryl methyl sites for hydroxylation is 2. The maximum atomic E-state index is 13.3. The van der Waals surface area contributed by atoms with Gasteiger partial charge in [0.05, 0.1) is 26.1 Å². The zero-order valence-electron chi connectivity index (χ0n) is 12.0. The molecule has 1 amide bonds. The van der Waals surface area contributed by atoms with Crippen molar-refractivity contribution in [2.24, 2.45) is 0 Å². The molecular weight excluding hydrogens is 325 g/mol. The Labute approximate surface area is 127 Å². The summed E-state index contributed by atoms with van der Waals surface area (Å²) in [5, 5.41) is 0. The summed E-state index contributed by atoms with van der Waals surface area (Å²) in [6.07, 6.45) is 0.282. The second-order valence-corrected chi connectivity index (χ2v) is 6.43. The van der Waals surface area contributed by atoms with E-state index < -0.39 is 5.67 Å². The lowest BCUT2D eigenvalue weighted by atomic mass is 9.99. The molecule has 2 rings (SSSR count). The van der Waals surface area contributed by atoms with Gasteiger partial charge in [-0.2, -0.15) is 0 Å². The molecule has 20 heavy (non-hydrogen) atoms. The Kier molecular flexibility index (Phi) is 4.37. The molecule has 0 saturated carbocycles. The predicted octanol–water partition coefficient (Wildman–Crippen LogP) is 3.41. The third kappa shape index (κ3) is 3.51. The van der Waals surface area contributed by atoms with Gasteiger partial charge in [-0.1, -0.05) is 15.9 Å². The highest BCUT2D eigenvalue weighted by molar-refractivity contribution is 9.10. The number of amides is 1. The quantitative estimate of drug-likeness (QED) is 0.838. The summed E-state index contributed by atoms with van der Waals surface area (Å²) in [5.41, 5.74) is 0.987. The van der Waals surface area contributed by atoms with Gasteiger partial charge >= 0.3 is 0 Å². The molecule has 0 spiro atoms. The van der Waals surface area contributed by atoms with Crippen LogP contribution in [0.15, 0.2) is 16.6 Å². The van der Waals surface area contributed by atoms with Gasteiger partial charge < -0.3 is 9.64 Å². The lowest BCUT2D eigenvalue weighted by molar-refractivity contribution is -0.144. The Morgan fingerprint density at radius 2 is 1.95 bits per heavy atom. The fourth-order valence-electron chi connectivity index (χ4n) is 2.33. The summed E-state index contributed by atoms with van der Waals surface area (Å²) < 4.78 is 20.0. The minimum Gasteiger partial charge on any atom is -0.493 e. The van der Waals surface area contributed by atoms with Crippen LogP contribution in [-0.2, 0) is 4.79 Å². The lowest BCUT2D eigenvalue weighted by Crippen LogP contribution is -2.59. The third-order valence-electron chi connectivity index (χ3n) is 3.39. The van der Waals surface area contributed by atoms with Crippen LogP contribution >= 0.6 is 15.9 Å². The first-order chi connectivity index (χ1) is 9.28. The van der Waals surface area contributed by atoms with Crippen LogP contribution in [0.1, 0.15) is 24.5 Å². The first-order valence-electron chi connectivity index (χ1n) is 6.65. The zero-order valence-corrected chi connectivity index (χ0v) is 13.6. The number of hydrogen-bond acceptors (Lipinski definition) is 2. The number of hydrogen-bond donors (Lipinski definition) is 0. The van der Waals surface area contributed by atoms with Gasteiger partial charge in [-0.05, 0) is 44.0 Å². The highest BCUT2D eigenvalue weighted by Crippen LogP contribution is 2.27. The van der Waals surface area contributed by atoms with Crippen molar-refractivity contribution in [3.63, 3.8) is 0 Å². The number of alkyl halides is 1. The molecule has 0 aliphatic carbocycles. The molecule has 1 aromatic rings. The van der Waals surface area contributed by atoms with Crippen molar-refractivity contribution < 1.29 is 13.9 Å². The number of ether oxygens (including phenoxy) is 1. The van der Waals surface area contributed by atoms with Crippen molar-refractivity contribution in [3.05, 3.63) is 27.7 Å². The fourth-order valence-corrected chi connectivity index (χ4v) is 2.56. The van der Waals surface area contributed by atoms with Crippen molar-refractivity contribution >= 4 is 21.8 Å². The molecule has 1 aliphatic rings. The molecule has 1 heterocycles. The second-order valence-electron chi connectivity index (χ2n) is 5.63. The zero-order chi connectivity index (χ0) is 14.9. The summed E-state index contributed by atoms with van der Waals surface area (Å²) in [6, 6.07) is 3.87. The lowest BCUT2D eigenvalue weighted by Gasteiger charge is -2.42. The van der Waals surface area contributed by atoms with E-state index >= 15 is 0 Å². The van der Waals surface area contributed by atoms with Gasteiger partial charge in [0.25, 0.3) is 0 Å². The van der Waals surface area contributed by atoms with Crippen LogP contribution in [0, 0.1) is 13.8 Å². The van der Waals surface area contributed by atoms with Gasteiger partial charge in [0, 0.05) is 4.47 Å². The van der Waals surface area contributed by atoms with E-state index in [1.165, 1.54) is 11.8 Å². The van der Waals surface area contributed by atoms with E-state index in [9.17, 15) is 9.18 Å². The third-order valence-corrected chi connectivity index (χ3v) is 4.64. The van der Waals surface area contributed by atoms with Gasteiger partial charge in [0.2, 0.25) is 5.91 Å². The van der Waals surface area contributed by atoms with Crippen LogP contribution in [0.5, 0.6) is 5.75 Å². The Bertz CT molecular complexity index is 500. The van der Waals surface area contributed by atoms with Gasteiger partial charge in [0.15, 0.2) is 0 Å². The summed E-state index contributed by atoms with van der Waals surface area (Å²) in [6.45, 7) is 6.22. The molecule has 0 radical (unpaired) electrons. The molecule has 5 heteroatoms. The van der Waals surface area contributed by atoms with Gasteiger partial charge in [0.1, 0.15) is 11.4 Å². The predicted molar refractivity (Wildman–Crippen MR) is 79.8 cm³/mol. The molecule has 1 saturated heterocycles. The van der Waals surface area contributed by atoms with E-state index in [0.717, 1.165) is 21.3 Å².